The Bertz CT molecular complexity index is 1500. The van der Waals surface area contributed by atoms with Crippen LogP contribution in [0.3, 0.4) is 0 Å². The van der Waals surface area contributed by atoms with Gasteiger partial charge in [0.1, 0.15) is 24.4 Å². The van der Waals surface area contributed by atoms with E-state index < -0.39 is 67.4 Å². The molecule has 0 bridgehead atoms. The molecular weight excluding hydrogens is 1010 g/mol. The number of rotatable bonds is 59. The molecular formula is C70H129NO10. The first-order valence-electron chi connectivity index (χ1n) is 34.4. The van der Waals surface area contributed by atoms with Crippen LogP contribution in [-0.4, -0.2) is 99.6 Å². The Kier molecular flexibility index (Phi) is 54.9. The monoisotopic (exact) mass is 1140 g/mol. The summed E-state index contributed by atoms with van der Waals surface area (Å²) in [5.41, 5.74) is 0. The van der Waals surface area contributed by atoms with Crippen molar-refractivity contribution in [1.29, 1.82) is 0 Å². The second-order valence-electron chi connectivity index (χ2n) is 23.9. The molecule has 0 saturated carbocycles. The van der Waals surface area contributed by atoms with Crippen molar-refractivity contribution in [2.45, 2.75) is 372 Å². The third-order valence-electron chi connectivity index (χ3n) is 16.2. The number of aliphatic hydroxyl groups is 5. The van der Waals surface area contributed by atoms with Gasteiger partial charge in [-0.3, -0.25) is 9.59 Å². The number of amides is 1. The van der Waals surface area contributed by atoms with Gasteiger partial charge in [0.05, 0.1) is 25.4 Å². The minimum absolute atomic E-state index is 0.124. The van der Waals surface area contributed by atoms with E-state index in [1.807, 2.05) is 6.08 Å². The van der Waals surface area contributed by atoms with Crippen molar-refractivity contribution in [1.82, 2.24) is 5.32 Å². The van der Waals surface area contributed by atoms with Gasteiger partial charge in [0.2, 0.25) is 5.91 Å². The van der Waals surface area contributed by atoms with Crippen molar-refractivity contribution in [2.24, 2.45) is 0 Å². The summed E-state index contributed by atoms with van der Waals surface area (Å²) in [6, 6.07) is -1.02. The molecule has 1 aliphatic heterocycles. The summed E-state index contributed by atoms with van der Waals surface area (Å²) in [6.07, 6.45) is 61.5. The SMILES string of the molecule is CCCCC/C=C\C/C=C\CCCCCCCCCCCCC(O)C(=O)NC(COC1OC(CO)C(O)C(O)C1OC(=O)CCCCCCCCCCCCC/C=C/CCCCCCCC)C(O)/C=C/CCCCCCCCCCC. The van der Waals surface area contributed by atoms with Crippen LogP contribution in [0.25, 0.3) is 0 Å². The smallest absolute Gasteiger partial charge is 0.306 e. The number of nitrogens with one attached hydrogen (secondary N) is 1. The molecule has 1 rings (SSSR count). The zero-order chi connectivity index (χ0) is 58.9. The van der Waals surface area contributed by atoms with E-state index in [4.69, 9.17) is 14.2 Å². The third kappa shape index (κ3) is 45.6. The molecule has 1 fully saturated rings. The molecule has 0 aromatic carbocycles. The summed E-state index contributed by atoms with van der Waals surface area (Å²) in [6.45, 7) is 5.79. The summed E-state index contributed by atoms with van der Waals surface area (Å²) in [4.78, 5) is 26.6. The van der Waals surface area contributed by atoms with Crippen LogP contribution in [-0.2, 0) is 23.8 Å². The molecule has 0 aromatic heterocycles. The van der Waals surface area contributed by atoms with Crippen molar-refractivity contribution in [2.75, 3.05) is 13.2 Å². The summed E-state index contributed by atoms with van der Waals surface area (Å²) in [5, 5.41) is 57.1. The number of esters is 1. The zero-order valence-electron chi connectivity index (χ0n) is 52.7. The van der Waals surface area contributed by atoms with Crippen molar-refractivity contribution >= 4 is 11.9 Å². The second kappa shape index (κ2) is 58.0. The maximum absolute atomic E-state index is 13.5. The summed E-state index contributed by atoms with van der Waals surface area (Å²) < 4.78 is 17.7. The molecule has 11 nitrogen and oxygen atoms in total. The lowest BCUT2D eigenvalue weighted by molar-refractivity contribution is -0.305. The number of hydrogen-bond acceptors (Lipinski definition) is 10. The number of unbranched alkanes of at least 4 members (excludes halogenated alkanes) is 39. The van der Waals surface area contributed by atoms with E-state index >= 15 is 0 Å². The van der Waals surface area contributed by atoms with Crippen molar-refractivity contribution < 1.29 is 49.3 Å². The van der Waals surface area contributed by atoms with Crippen LogP contribution >= 0.6 is 0 Å². The van der Waals surface area contributed by atoms with Crippen LogP contribution in [0.4, 0.5) is 0 Å². The van der Waals surface area contributed by atoms with Crippen molar-refractivity contribution in [3.05, 3.63) is 48.6 Å². The first-order valence-corrected chi connectivity index (χ1v) is 34.4. The Morgan fingerprint density at radius 3 is 1.30 bits per heavy atom. The molecule has 8 atom stereocenters. The fourth-order valence-corrected chi connectivity index (χ4v) is 10.7. The zero-order valence-corrected chi connectivity index (χ0v) is 52.7. The van der Waals surface area contributed by atoms with E-state index in [1.54, 1.807) is 6.08 Å². The predicted molar refractivity (Wildman–Crippen MR) is 338 cm³/mol. The molecule has 11 heteroatoms. The molecule has 81 heavy (non-hydrogen) atoms. The number of allylic oxidation sites excluding steroid dienone is 7. The maximum Gasteiger partial charge on any atom is 0.306 e. The molecule has 0 aliphatic carbocycles. The molecule has 1 heterocycles. The van der Waals surface area contributed by atoms with Gasteiger partial charge in [0, 0.05) is 6.42 Å². The largest absolute Gasteiger partial charge is 0.454 e. The Hall–Kier alpha value is -2.38. The average Bonchev–Trinajstić information content (AvgIpc) is 3.51. The van der Waals surface area contributed by atoms with Crippen molar-refractivity contribution in [3.63, 3.8) is 0 Å². The number of carbonyl (C=O) groups excluding carboxylic acids is 2. The van der Waals surface area contributed by atoms with Gasteiger partial charge in [-0.25, -0.2) is 0 Å². The van der Waals surface area contributed by atoms with E-state index in [9.17, 15) is 35.1 Å². The van der Waals surface area contributed by atoms with Crippen LogP contribution < -0.4 is 5.32 Å². The highest BCUT2D eigenvalue weighted by Crippen LogP contribution is 2.26. The molecule has 1 saturated heterocycles. The highest BCUT2D eigenvalue weighted by atomic mass is 16.7. The fourth-order valence-electron chi connectivity index (χ4n) is 10.7. The van der Waals surface area contributed by atoms with Crippen molar-refractivity contribution in [3.8, 4) is 0 Å². The van der Waals surface area contributed by atoms with Gasteiger partial charge in [-0.1, -0.05) is 281 Å². The van der Waals surface area contributed by atoms with Gasteiger partial charge in [0.25, 0.3) is 0 Å². The van der Waals surface area contributed by atoms with Gasteiger partial charge in [-0.2, -0.15) is 0 Å². The van der Waals surface area contributed by atoms with E-state index in [-0.39, 0.29) is 19.4 Å². The highest BCUT2D eigenvalue weighted by molar-refractivity contribution is 5.80. The topological polar surface area (TPSA) is 175 Å². The number of ether oxygens (including phenoxy) is 3. The molecule has 1 aliphatic rings. The van der Waals surface area contributed by atoms with Gasteiger partial charge >= 0.3 is 5.97 Å². The lowest BCUT2D eigenvalue weighted by atomic mass is 9.99. The number of carbonyl (C=O) groups is 2. The first kappa shape index (κ1) is 76.6. The number of hydrogen-bond donors (Lipinski definition) is 6. The van der Waals surface area contributed by atoms with E-state index in [0.717, 1.165) is 70.6 Å². The predicted octanol–water partition coefficient (Wildman–Crippen LogP) is 17.2. The lowest BCUT2D eigenvalue weighted by Crippen LogP contribution is -2.61. The minimum atomic E-state index is -1.61. The molecule has 6 N–H and O–H groups in total. The van der Waals surface area contributed by atoms with Gasteiger partial charge in [0.15, 0.2) is 12.4 Å². The van der Waals surface area contributed by atoms with Crippen LogP contribution in [0.1, 0.15) is 323 Å². The van der Waals surface area contributed by atoms with Crippen LogP contribution in [0.2, 0.25) is 0 Å². The molecule has 0 radical (unpaired) electrons. The molecule has 0 aromatic rings. The molecule has 474 valence electrons. The standard InChI is InChI=1S/C70H129NO10/c1-4-7-10-13-16-19-22-24-26-28-30-32-34-36-38-40-43-46-49-52-55-58-65(75)81-68-67(77)66(76)64(59-72)80-70(68)79-60-61(62(73)56-53-50-47-44-41-21-18-15-12-9-6-3)71-69(78)63(74)57-54-51-48-45-42-39-37-35-33-31-29-27-25-23-20-17-14-11-8-5-2/h17,20,24-27,53,56,61-64,66-68,70,72-74,76-77H,4-16,18-19,21-23,28-52,54-55,57-60H2,1-3H3,(H,71,78)/b20-17-,26-24+,27-25-,56-53+. The quantitative estimate of drug-likeness (QED) is 0.0195. The fraction of sp³-hybridized carbons (Fsp3) is 0.857. The molecule has 8 unspecified atom stereocenters. The Labute approximate surface area is 497 Å². The van der Waals surface area contributed by atoms with E-state index in [2.05, 4.69) is 62.5 Å². The van der Waals surface area contributed by atoms with Crippen LogP contribution in [0.15, 0.2) is 48.6 Å². The van der Waals surface area contributed by atoms with Crippen LogP contribution in [0, 0.1) is 0 Å². The third-order valence-corrected chi connectivity index (χ3v) is 16.2. The number of aliphatic hydroxyl groups excluding tert-OH is 5. The Balaban J connectivity index is 2.58. The summed E-state index contributed by atoms with van der Waals surface area (Å²) in [5.74, 6) is -1.19. The van der Waals surface area contributed by atoms with Gasteiger partial charge < -0.3 is 45.1 Å². The maximum atomic E-state index is 13.5. The molecule has 0 spiro atoms. The minimum Gasteiger partial charge on any atom is -0.454 e. The Morgan fingerprint density at radius 2 is 0.852 bits per heavy atom. The van der Waals surface area contributed by atoms with Gasteiger partial charge in [-0.05, 0) is 83.5 Å². The summed E-state index contributed by atoms with van der Waals surface area (Å²) >= 11 is 0. The second-order valence-corrected chi connectivity index (χ2v) is 23.9. The van der Waals surface area contributed by atoms with Gasteiger partial charge in [-0.15, -0.1) is 0 Å². The first-order chi connectivity index (χ1) is 39.7. The normalized spacial score (nSPS) is 18.9. The summed E-state index contributed by atoms with van der Waals surface area (Å²) in [7, 11) is 0. The molecule has 1 amide bonds. The van der Waals surface area contributed by atoms with E-state index in [0.29, 0.717) is 12.8 Å². The highest BCUT2D eigenvalue weighted by Gasteiger charge is 2.47. The average molecular weight is 1140 g/mol. The Morgan fingerprint density at radius 1 is 0.481 bits per heavy atom. The lowest BCUT2D eigenvalue weighted by Gasteiger charge is -2.41. The van der Waals surface area contributed by atoms with Crippen LogP contribution in [0.5, 0.6) is 0 Å². The van der Waals surface area contributed by atoms with E-state index in [1.165, 1.54) is 205 Å².